The molecule has 1 fully saturated rings. The zero-order valence-electron chi connectivity index (χ0n) is 10.7. The van der Waals surface area contributed by atoms with Crippen LogP contribution in [0.4, 0.5) is 0 Å². The third-order valence-corrected chi connectivity index (χ3v) is 3.13. The summed E-state index contributed by atoms with van der Waals surface area (Å²) >= 11 is 0. The van der Waals surface area contributed by atoms with E-state index in [1.165, 1.54) is 0 Å². The van der Waals surface area contributed by atoms with Gasteiger partial charge < -0.3 is 15.0 Å². The lowest BCUT2D eigenvalue weighted by molar-refractivity contribution is -0.137. The first-order valence-electron chi connectivity index (χ1n) is 6.31. The van der Waals surface area contributed by atoms with Crippen LogP contribution >= 0.6 is 0 Å². The van der Waals surface area contributed by atoms with E-state index in [4.69, 9.17) is 4.74 Å². The molecule has 1 saturated heterocycles. The molecule has 1 amide bonds. The minimum atomic E-state index is -0.0342. The van der Waals surface area contributed by atoms with Crippen molar-refractivity contribution in [3.63, 3.8) is 0 Å². The Balaban J connectivity index is 2.47. The van der Waals surface area contributed by atoms with Gasteiger partial charge in [-0.15, -0.1) is 0 Å². The molecular weight excluding hydrogens is 204 g/mol. The van der Waals surface area contributed by atoms with E-state index in [-0.39, 0.29) is 11.9 Å². The molecule has 0 saturated carbocycles. The van der Waals surface area contributed by atoms with Gasteiger partial charge in [0.2, 0.25) is 5.91 Å². The monoisotopic (exact) mass is 228 g/mol. The van der Waals surface area contributed by atoms with Gasteiger partial charge in [-0.3, -0.25) is 4.79 Å². The van der Waals surface area contributed by atoms with E-state index in [0.29, 0.717) is 19.3 Å². The van der Waals surface area contributed by atoms with Gasteiger partial charge in [-0.25, -0.2) is 0 Å². The van der Waals surface area contributed by atoms with Gasteiger partial charge in [-0.05, 0) is 19.8 Å². The van der Waals surface area contributed by atoms with Crippen molar-refractivity contribution in [3.05, 3.63) is 0 Å². The molecule has 0 bridgehead atoms. The number of ether oxygens (including phenoxy) is 1. The number of amides is 1. The number of nitrogens with zero attached hydrogens (tertiary/aromatic N) is 1. The Morgan fingerprint density at radius 3 is 2.44 bits per heavy atom. The first kappa shape index (κ1) is 13.5. The lowest BCUT2D eigenvalue weighted by Gasteiger charge is -2.31. The zero-order valence-corrected chi connectivity index (χ0v) is 10.7. The van der Waals surface area contributed by atoms with Crippen LogP contribution in [0.5, 0.6) is 0 Å². The van der Waals surface area contributed by atoms with Crippen LogP contribution in [0.15, 0.2) is 0 Å². The van der Waals surface area contributed by atoms with Crippen molar-refractivity contribution >= 4 is 5.91 Å². The van der Waals surface area contributed by atoms with Crippen molar-refractivity contribution in [3.8, 4) is 0 Å². The van der Waals surface area contributed by atoms with E-state index in [1.54, 1.807) is 0 Å². The molecule has 1 aliphatic rings. The maximum Gasteiger partial charge on any atom is 0.239 e. The highest BCUT2D eigenvalue weighted by Crippen LogP contribution is 2.05. The van der Waals surface area contributed by atoms with Gasteiger partial charge in [0.25, 0.3) is 0 Å². The number of rotatable bonds is 5. The standard InChI is InChI=1S/C12H24N2O2/c1-4-10(3)13-11(5-2)12(15)14-6-8-16-9-7-14/h10-11,13H,4-9H2,1-3H3. The molecule has 2 atom stereocenters. The molecule has 1 rings (SSSR count). The van der Waals surface area contributed by atoms with E-state index in [2.05, 4.69) is 26.1 Å². The highest BCUT2D eigenvalue weighted by atomic mass is 16.5. The zero-order chi connectivity index (χ0) is 12.0. The van der Waals surface area contributed by atoms with E-state index in [1.807, 2.05) is 4.90 Å². The number of hydrogen-bond acceptors (Lipinski definition) is 3. The Bertz CT molecular complexity index is 215. The maximum atomic E-state index is 12.2. The summed E-state index contributed by atoms with van der Waals surface area (Å²) in [5.41, 5.74) is 0. The van der Waals surface area contributed by atoms with Gasteiger partial charge in [0.05, 0.1) is 19.3 Å². The highest BCUT2D eigenvalue weighted by Gasteiger charge is 2.24. The van der Waals surface area contributed by atoms with Gasteiger partial charge >= 0.3 is 0 Å². The number of morpholine rings is 1. The molecule has 0 radical (unpaired) electrons. The average Bonchev–Trinajstić information content (AvgIpc) is 2.35. The predicted octanol–water partition coefficient (Wildman–Crippen LogP) is 1.01. The van der Waals surface area contributed by atoms with Gasteiger partial charge in [0.15, 0.2) is 0 Å². The van der Waals surface area contributed by atoms with Crippen molar-refractivity contribution in [1.29, 1.82) is 0 Å². The lowest BCUT2D eigenvalue weighted by atomic mass is 10.1. The van der Waals surface area contributed by atoms with Gasteiger partial charge in [0, 0.05) is 19.1 Å². The summed E-state index contributed by atoms with van der Waals surface area (Å²) in [7, 11) is 0. The van der Waals surface area contributed by atoms with E-state index in [9.17, 15) is 4.79 Å². The second-order valence-electron chi connectivity index (χ2n) is 4.37. The van der Waals surface area contributed by atoms with Crippen LogP contribution in [-0.4, -0.2) is 49.2 Å². The van der Waals surface area contributed by atoms with Crippen LogP contribution in [0.2, 0.25) is 0 Å². The molecule has 16 heavy (non-hydrogen) atoms. The Morgan fingerprint density at radius 2 is 1.94 bits per heavy atom. The highest BCUT2D eigenvalue weighted by molar-refractivity contribution is 5.82. The SMILES string of the molecule is CCC(C)NC(CC)C(=O)N1CCOCC1. The molecular formula is C12H24N2O2. The largest absolute Gasteiger partial charge is 0.378 e. The van der Waals surface area contributed by atoms with Crippen molar-refractivity contribution in [2.75, 3.05) is 26.3 Å². The molecule has 4 heteroatoms. The molecule has 1 heterocycles. The summed E-state index contributed by atoms with van der Waals surface area (Å²) in [5, 5.41) is 3.38. The molecule has 94 valence electrons. The van der Waals surface area contributed by atoms with Crippen LogP contribution in [-0.2, 0) is 9.53 Å². The first-order valence-corrected chi connectivity index (χ1v) is 6.31. The molecule has 0 aliphatic carbocycles. The first-order chi connectivity index (χ1) is 7.69. The molecule has 1 N–H and O–H groups in total. The quantitative estimate of drug-likeness (QED) is 0.763. The number of carbonyl (C=O) groups excluding carboxylic acids is 1. The summed E-state index contributed by atoms with van der Waals surface area (Å²) in [5.74, 6) is 0.228. The second kappa shape index (κ2) is 6.86. The van der Waals surface area contributed by atoms with Crippen molar-refractivity contribution in [2.45, 2.75) is 45.7 Å². The summed E-state index contributed by atoms with van der Waals surface area (Å²) < 4.78 is 5.25. The Kier molecular flexibility index (Phi) is 5.77. The third-order valence-electron chi connectivity index (χ3n) is 3.13. The summed E-state index contributed by atoms with van der Waals surface area (Å²) in [6, 6.07) is 0.364. The van der Waals surface area contributed by atoms with Crippen molar-refractivity contribution in [2.24, 2.45) is 0 Å². The summed E-state index contributed by atoms with van der Waals surface area (Å²) in [4.78, 5) is 14.1. The van der Waals surface area contributed by atoms with Crippen molar-refractivity contribution in [1.82, 2.24) is 10.2 Å². The van der Waals surface area contributed by atoms with Crippen LogP contribution in [0.25, 0.3) is 0 Å². The Morgan fingerprint density at radius 1 is 1.31 bits per heavy atom. The molecule has 1 aliphatic heterocycles. The smallest absolute Gasteiger partial charge is 0.239 e. The van der Waals surface area contributed by atoms with Crippen LogP contribution in [0, 0.1) is 0 Å². The maximum absolute atomic E-state index is 12.2. The minimum absolute atomic E-state index is 0.0342. The number of carbonyl (C=O) groups is 1. The lowest BCUT2D eigenvalue weighted by Crippen LogP contribution is -2.51. The summed E-state index contributed by atoms with van der Waals surface area (Å²) in [6.07, 6.45) is 1.90. The van der Waals surface area contributed by atoms with Crippen LogP contribution in [0.1, 0.15) is 33.6 Å². The average molecular weight is 228 g/mol. The van der Waals surface area contributed by atoms with Crippen molar-refractivity contribution < 1.29 is 9.53 Å². The fourth-order valence-electron chi connectivity index (χ4n) is 1.83. The van der Waals surface area contributed by atoms with E-state index >= 15 is 0 Å². The Hall–Kier alpha value is -0.610. The topological polar surface area (TPSA) is 41.6 Å². The van der Waals surface area contributed by atoms with Gasteiger partial charge in [-0.1, -0.05) is 13.8 Å². The molecule has 0 aromatic carbocycles. The van der Waals surface area contributed by atoms with Crippen LogP contribution < -0.4 is 5.32 Å². The van der Waals surface area contributed by atoms with E-state index in [0.717, 1.165) is 25.9 Å². The molecule has 0 spiro atoms. The van der Waals surface area contributed by atoms with Gasteiger partial charge in [0.1, 0.15) is 0 Å². The summed E-state index contributed by atoms with van der Waals surface area (Å²) in [6.45, 7) is 9.11. The number of hydrogen-bond donors (Lipinski definition) is 1. The molecule has 0 aromatic rings. The Labute approximate surface area is 98.3 Å². The number of nitrogens with one attached hydrogen (secondary N) is 1. The van der Waals surface area contributed by atoms with E-state index < -0.39 is 0 Å². The minimum Gasteiger partial charge on any atom is -0.378 e. The predicted molar refractivity (Wildman–Crippen MR) is 64.4 cm³/mol. The second-order valence-corrected chi connectivity index (χ2v) is 4.37. The fourth-order valence-corrected chi connectivity index (χ4v) is 1.83. The molecule has 2 unspecified atom stereocenters. The third kappa shape index (κ3) is 3.76. The molecule has 4 nitrogen and oxygen atoms in total. The van der Waals surface area contributed by atoms with Gasteiger partial charge in [-0.2, -0.15) is 0 Å². The fraction of sp³-hybridized carbons (Fsp3) is 0.917. The molecule has 0 aromatic heterocycles. The normalized spacial score (nSPS) is 20.6. The van der Waals surface area contributed by atoms with Crippen LogP contribution in [0.3, 0.4) is 0 Å².